The first-order valence-electron chi connectivity index (χ1n) is 3.29. The fraction of sp³-hybridized carbons (Fsp3) is 0.125. The number of carbonyl (C=O) groups excluding carboxylic acids is 1. The van der Waals surface area contributed by atoms with Crippen LogP contribution < -0.4 is 0 Å². The van der Waals surface area contributed by atoms with Crippen LogP contribution in [0.5, 0.6) is 0 Å². The normalized spacial score (nSPS) is 9.50. The van der Waals surface area contributed by atoms with Gasteiger partial charge in [-0.1, -0.05) is 6.07 Å². The molecular formula is C8H6BrNO2. The van der Waals surface area contributed by atoms with Crippen LogP contribution in [0.4, 0.5) is 5.69 Å². The van der Waals surface area contributed by atoms with Gasteiger partial charge in [-0.05, 0) is 40.2 Å². The summed E-state index contributed by atoms with van der Waals surface area (Å²) in [6.07, 6.45) is 0. The van der Waals surface area contributed by atoms with E-state index in [1.54, 1.807) is 12.1 Å². The van der Waals surface area contributed by atoms with E-state index >= 15 is 0 Å². The number of hydrogen-bond donors (Lipinski definition) is 0. The van der Waals surface area contributed by atoms with Gasteiger partial charge in [0, 0.05) is 10.0 Å². The first-order valence-corrected chi connectivity index (χ1v) is 4.08. The van der Waals surface area contributed by atoms with Gasteiger partial charge in [0.15, 0.2) is 5.78 Å². The third kappa shape index (κ3) is 1.76. The molecule has 0 aliphatic rings. The van der Waals surface area contributed by atoms with E-state index in [0.717, 1.165) is 0 Å². The zero-order valence-corrected chi connectivity index (χ0v) is 7.96. The van der Waals surface area contributed by atoms with Crippen LogP contribution >= 0.6 is 15.9 Å². The molecule has 0 heterocycles. The van der Waals surface area contributed by atoms with Crippen molar-refractivity contribution >= 4 is 27.4 Å². The molecule has 1 rings (SSSR count). The number of benzene rings is 1. The monoisotopic (exact) mass is 227 g/mol. The van der Waals surface area contributed by atoms with Crippen molar-refractivity contribution in [2.75, 3.05) is 0 Å². The van der Waals surface area contributed by atoms with Crippen molar-refractivity contribution in [1.29, 1.82) is 0 Å². The van der Waals surface area contributed by atoms with Crippen molar-refractivity contribution in [2.45, 2.75) is 6.92 Å². The van der Waals surface area contributed by atoms with E-state index in [-0.39, 0.29) is 11.5 Å². The highest BCUT2D eigenvalue weighted by atomic mass is 79.9. The SMILES string of the molecule is CC(=O)c1ccc(Br)c(N=O)c1. The maximum absolute atomic E-state index is 10.9. The van der Waals surface area contributed by atoms with Crippen molar-refractivity contribution in [3.8, 4) is 0 Å². The summed E-state index contributed by atoms with van der Waals surface area (Å²) >= 11 is 3.13. The Morgan fingerprint density at radius 1 is 1.50 bits per heavy atom. The van der Waals surface area contributed by atoms with Gasteiger partial charge in [-0.25, -0.2) is 0 Å². The highest BCUT2D eigenvalue weighted by molar-refractivity contribution is 9.10. The molecule has 0 saturated carbocycles. The number of halogens is 1. The second kappa shape index (κ2) is 3.58. The molecule has 0 amide bonds. The van der Waals surface area contributed by atoms with E-state index in [2.05, 4.69) is 21.1 Å². The third-order valence-electron chi connectivity index (χ3n) is 1.45. The molecular weight excluding hydrogens is 222 g/mol. The lowest BCUT2D eigenvalue weighted by Crippen LogP contribution is -1.90. The summed E-state index contributed by atoms with van der Waals surface area (Å²) in [5.74, 6) is -0.0765. The summed E-state index contributed by atoms with van der Waals surface area (Å²) in [7, 11) is 0. The lowest BCUT2D eigenvalue weighted by atomic mass is 10.1. The number of Topliss-reactive ketones (excluding diaryl/α,β-unsaturated/α-hetero) is 1. The van der Waals surface area contributed by atoms with E-state index in [0.29, 0.717) is 10.0 Å². The Balaban J connectivity index is 3.22. The molecule has 3 nitrogen and oxygen atoms in total. The number of hydrogen-bond acceptors (Lipinski definition) is 3. The van der Waals surface area contributed by atoms with Gasteiger partial charge in [-0.3, -0.25) is 4.79 Å². The molecule has 0 radical (unpaired) electrons. The lowest BCUT2D eigenvalue weighted by Gasteiger charge is -1.97. The minimum atomic E-state index is -0.0765. The third-order valence-corrected chi connectivity index (χ3v) is 2.12. The molecule has 0 aromatic heterocycles. The van der Waals surface area contributed by atoms with Gasteiger partial charge >= 0.3 is 0 Å². The maximum Gasteiger partial charge on any atom is 0.159 e. The van der Waals surface area contributed by atoms with E-state index in [4.69, 9.17) is 0 Å². The first kappa shape index (κ1) is 9.06. The Morgan fingerprint density at radius 2 is 2.17 bits per heavy atom. The van der Waals surface area contributed by atoms with Gasteiger partial charge < -0.3 is 0 Å². The fourth-order valence-corrected chi connectivity index (χ4v) is 1.12. The molecule has 0 bridgehead atoms. The van der Waals surface area contributed by atoms with E-state index in [1.165, 1.54) is 13.0 Å². The smallest absolute Gasteiger partial charge is 0.159 e. The highest BCUT2D eigenvalue weighted by Crippen LogP contribution is 2.26. The van der Waals surface area contributed by atoms with Crippen LogP contribution in [0.25, 0.3) is 0 Å². The average Bonchev–Trinajstić information content (AvgIpc) is 2.05. The highest BCUT2D eigenvalue weighted by Gasteiger charge is 2.04. The van der Waals surface area contributed by atoms with Crippen molar-refractivity contribution in [3.63, 3.8) is 0 Å². The van der Waals surface area contributed by atoms with E-state index in [1.807, 2.05) is 0 Å². The van der Waals surface area contributed by atoms with Crippen LogP contribution in [0.15, 0.2) is 27.8 Å². The van der Waals surface area contributed by atoms with Gasteiger partial charge in [-0.2, -0.15) is 0 Å². The Hall–Kier alpha value is -1.03. The average molecular weight is 228 g/mol. The van der Waals surface area contributed by atoms with Crippen LogP contribution in [-0.4, -0.2) is 5.78 Å². The maximum atomic E-state index is 10.9. The molecule has 1 aromatic carbocycles. The van der Waals surface area contributed by atoms with Crippen LogP contribution in [0, 0.1) is 4.91 Å². The van der Waals surface area contributed by atoms with Crippen molar-refractivity contribution in [1.82, 2.24) is 0 Å². The number of rotatable bonds is 2. The second-order valence-electron chi connectivity index (χ2n) is 2.31. The Bertz CT molecular complexity index is 336. The molecule has 4 heteroatoms. The summed E-state index contributed by atoms with van der Waals surface area (Å²) in [6, 6.07) is 4.73. The second-order valence-corrected chi connectivity index (χ2v) is 3.17. The molecule has 0 atom stereocenters. The molecule has 0 aliphatic carbocycles. The predicted molar refractivity (Wildman–Crippen MR) is 49.6 cm³/mol. The first-order chi connectivity index (χ1) is 5.65. The number of nitroso groups, excluding NO2 is 1. The number of nitrogens with zero attached hydrogens (tertiary/aromatic N) is 1. The molecule has 0 saturated heterocycles. The summed E-state index contributed by atoms with van der Waals surface area (Å²) in [5.41, 5.74) is 0.746. The molecule has 0 unspecified atom stereocenters. The summed E-state index contributed by atoms with van der Waals surface area (Å²) in [4.78, 5) is 21.1. The Morgan fingerprint density at radius 3 is 2.67 bits per heavy atom. The minimum absolute atomic E-state index is 0.0765. The number of ketones is 1. The van der Waals surface area contributed by atoms with Crippen molar-refractivity contribution in [2.24, 2.45) is 5.18 Å². The van der Waals surface area contributed by atoms with Crippen LogP contribution in [-0.2, 0) is 0 Å². The molecule has 0 aliphatic heterocycles. The zero-order chi connectivity index (χ0) is 9.14. The van der Waals surface area contributed by atoms with Gasteiger partial charge in [-0.15, -0.1) is 4.91 Å². The van der Waals surface area contributed by atoms with Gasteiger partial charge in [0.2, 0.25) is 0 Å². The zero-order valence-electron chi connectivity index (χ0n) is 6.37. The van der Waals surface area contributed by atoms with Crippen LogP contribution in [0.2, 0.25) is 0 Å². The van der Waals surface area contributed by atoms with Crippen molar-refractivity contribution < 1.29 is 4.79 Å². The van der Waals surface area contributed by atoms with Crippen LogP contribution in [0.1, 0.15) is 17.3 Å². The molecule has 0 N–H and O–H groups in total. The molecule has 1 aromatic rings. The predicted octanol–water partition coefficient (Wildman–Crippen LogP) is 3.05. The molecule has 62 valence electrons. The molecule has 0 fully saturated rings. The summed E-state index contributed by atoms with van der Waals surface area (Å²) < 4.78 is 0.600. The summed E-state index contributed by atoms with van der Waals surface area (Å²) in [6.45, 7) is 1.44. The standard InChI is InChI=1S/C8H6BrNO2/c1-5(11)6-2-3-7(9)8(4-6)10-12/h2-4H,1H3. The van der Waals surface area contributed by atoms with Gasteiger partial charge in [0.1, 0.15) is 5.69 Å². The quantitative estimate of drug-likeness (QED) is 0.576. The van der Waals surface area contributed by atoms with E-state index < -0.39 is 0 Å². The summed E-state index contributed by atoms with van der Waals surface area (Å²) in [5, 5.41) is 2.76. The Labute approximate surface area is 77.9 Å². The lowest BCUT2D eigenvalue weighted by molar-refractivity contribution is 0.101. The van der Waals surface area contributed by atoms with E-state index in [9.17, 15) is 9.70 Å². The molecule has 12 heavy (non-hydrogen) atoms. The minimum Gasteiger partial charge on any atom is -0.295 e. The van der Waals surface area contributed by atoms with Crippen LogP contribution in [0.3, 0.4) is 0 Å². The molecule has 0 spiro atoms. The Kier molecular flexibility index (Phi) is 2.70. The van der Waals surface area contributed by atoms with Gasteiger partial charge in [0.25, 0.3) is 0 Å². The topological polar surface area (TPSA) is 46.5 Å². The number of carbonyl (C=O) groups is 1. The fourth-order valence-electron chi connectivity index (χ4n) is 0.802. The van der Waals surface area contributed by atoms with Crippen molar-refractivity contribution in [3.05, 3.63) is 33.1 Å². The largest absolute Gasteiger partial charge is 0.295 e. The van der Waals surface area contributed by atoms with Gasteiger partial charge in [0.05, 0.1) is 0 Å².